The molecule has 3 aromatic carbocycles. The van der Waals surface area contributed by atoms with Crippen LogP contribution in [-0.2, 0) is 11.3 Å². The third kappa shape index (κ3) is 3.36. The van der Waals surface area contributed by atoms with Crippen LogP contribution >= 0.6 is 0 Å². The number of benzene rings is 3. The zero-order valence-electron chi connectivity index (χ0n) is 17.1. The van der Waals surface area contributed by atoms with Crippen molar-refractivity contribution in [3.05, 3.63) is 100 Å². The molecule has 5 nitrogen and oxygen atoms in total. The smallest absolute Gasteiger partial charge is 0.290 e. The largest absolute Gasteiger partial charge is 0.503 e. The number of hydrogen-bond acceptors (Lipinski definition) is 4. The molecule has 32 heavy (non-hydrogen) atoms. The van der Waals surface area contributed by atoms with Gasteiger partial charge in [-0.05, 0) is 47.9 Å². The summed E-state index contributed by atoms with van der Waals surface area (Å²) < 4.78 is 38.5. The van der Waals surface area contributed by atoms with Crippen LogP contribution in [0.15, 0.2) is 66.4 Å². The van der Waals surface area contributed by atoms with Crippen LogP contribution < -0.4 is 9.47 Å². The summed E-state index contributed by atoms with van der Waals surface area (Å²) >= 11 is 0. The van der Waals surface area contributed by atoms with Gasteiger partial charge in [0.05, 0.1) is 6.04 Å². The summed E-state index contributed by atoms with van der Waals surface area (Å²) in [5, 5.41) is 10.8. The fraction of sp³-hybridized carbons (Fsp3) is 0.160. The van der Waals surface area contributed by atoms with E-state index in [-0.39, 0.29) is 13.3 Å². The summed E-state index contributed by atoms with van der Waals surface area (Å²) in [4.78, 5) is 14.6. The van der Waals surface area contributed by atoms with Gasteiger partial charge in [0.25, 0.3) is 5.91 Å². The predicted octanol–water partition coefficient (Wildman–Crippen LogP) is 5.05. The highest BCUT2D eigenvalue weighted by molar-refractivity contribution is 6.05. The van der Waals surface area contributed by atoms with E-state index in [9.17, 15) is 18.7 Å². The molecule has 7 heteroatoms. The standard InChI is InChI=1S/C25H19F2NO4/c1-14-2-5-16(6-3-14)22-23(17-7-8-18(26)19(27)11-17)28(25(30)24(22)29)12-15-4-9-20-21(10-15)32-13-31-20/h2-11,23,29H,12-13H2,1H3/t23-/m1/s1. The van der Waals surface area contributed by atoms with Gasteiger partial charge in [0.15, 0.2) is 28.9 Å². The van der Waals surface area contributed by atoms with Crippen LogP contribution in [0.5, 0.6) is 11.5 Å². The van der Waals surface area contributed by atoms with E-state index < -0.39 is 29.3 Å². The fourth-order valence-electron chi connectivity index (χ4n) is 4.11. The topological polar surface area (TPSA) is 59.0 Å². The van der Waals surface area contributed by atoms with E-state index in [1.807, 2.05) is 19.1 Å². The number of ether oxygens (including phenoxy) is 2. The Hall–Kier alpha value is -3.87. The quantitative estimate of drug-likeness (QED) is 0.623. The van der Waals surface area contributed by atoms with Crippen LogP contribution in [0, 0.1) is 18.6 Å². The predicted molar refractivity (Wildman–Crippen MR) is 113 cm³/mol. The summed E-state index contributed by atoms with van der Waals surface area (Å²) in [6.07, 6.45) is 0. The molecule has 2 heterocycles. The first-order valence-corrected chi connectivity index (χ1v) is 10.1. The number of halogens is 2. The van der Waals surface area contributed by atoms with Gasteiger partial charge in [-0.15, -0.1) is 0 Å². The molecule has 1 N–H and O–H groups in total. The lowest BCUT2D eigenvalue weighted by Crippen LogP contribution is -2.30. The van der Waals surface area contributed by atoms with Crippen LogP contribution in [0.4, 0.5) is 8.78 Å². The first-order valence-electron chi connectivity index (χ1n) is 10.1. The molecule has 5 rings (SSSR count). The highest BCUT2D eigenvalue weighted by Gasteiger charge is 2.41. The molecule has 0 radical (unpaired) electrons. The van der Waals surface area contributed by atoms with Crippen LogP contribution in [0.3, 0.4) is 0 Å². The molecule has 1 amide bonds. The van der Waals surface area contributed by atoms with E-state index in [1.165, 1.54) is 11.0 Å². The maximum atomic E-state index is 14.1. The number of hydrogen-bond donors (Lipinski definition) is 1. The summed E-state index contributed by atoms with van der Waals surface area (Å²) in [6, 6.07) is 15.3. The minimum Gasteiger partial charge on any atom is -0.503 e. The Balaban J connectivity index is 1.59. The van der Waals surface area contributed by atoms with E-state index in [2.05, 4.69) is 0 Å². The molecule has 162 valence electrons. The summed E-state index contributed by atoms with van der Waals surface area (Å²) in [5.74, 6) is -1.83. The van der Waals surface area contributed by atoms with Crippen molar-refractivity contribution >= 4 is 11.5 Å². The number of aliphatic hydroxyl groups excluding tert-OH is 1. The van der Waals surface area contributed by atoms with Gasteiger partial charge in [0.2, 0.25) is 6.79 Å². The normalized spacial score (nSPS) is 17.4. The molecule has 0 aliphatic carbocycles. The lowest BCUT2D eigenvalue weighted by molar-refractivity contribution is -0.130. The molecule has 0 fully saturated rings. The Bertz CT molecular complexity index is 1250. The SMILES string of the molecule is Cc1ccc(C2=C(O)C(=O)N(Cc3ccc4c(c3)OCO4)[C@@H]2c2ccc(F)c(F)c2)cc1. The molecule has 2 aliphatic rings. The molecule has 0 saturated carbocycles. The van der Waals surface area contributed by atoms with Gasteiger partial charge < -0.3 is 19.5 Å². The molecule has 0 bridgehead atoms. The number of aliphatic hydroxyl groups is 1. The van der Waals surface area contributed by atoms with Crippen LogP contribution in [-0.4, -0.2) is 22.7 Å². The first kappa shape index (κ1) is 20.1. The molecule has 0 saturated heterocycles. The van der Waals surface area contributed by atoms with Gasteiger partial charge in [-0.1, -0.05) is 42.0 Å². The fourth-order valence-corrected chi connectivity index (χ4v) is 4.11. The third-order valence-electron chi connectivity index (χ3n) is 5.72. The highest BCUT2D eigenvalue weighted by Crippen LogP contribution is 2.44. The molecule has 1 atom stereocenters. The first-order chi connectivity index (χ1) is 15.4. The maximum absolute atomic E-state index is 14.1. The van der Waals surface area contributed by atoms with E-state index >= 15 is 0 Å². The molecular formula is C25H19F2NO4. The molecule has 0 spiro atoms. The van der Waals surface area contributed by atoms with Gasteiger partial charge in [-0.25, -0.2) is 8.78 Å². The Morgan fingerprint density at radius 3 is 2.47 bits per heavy atom. The Kier molecular flexibility index (Phi) is 4.81. The minimum atomic E-state index is -1.02. The van der Waals surface area contributed by atoms with E-state index in [0.29, 0.717) is 28.2 Å². The van der Waals surface area contributed by atoms with Gasteiger partial charge >= 0.3 is 0 Å². The zero-order chi connectivity index (χ0) is 22.4. The van der Waals surface area contributed by atoms with Crippen molar-refractivity contribution in [3.63, 3.8) is 0 Å². The number of fused-ring (bicyclic) bond motifs is 1. The van der Waals surface area contributed by atoms with Crippen molar-refractivity contribution in [3.8, 4) is 11.5 Å². The van der Waals surface area contributed by atoms with Crippen molar-refractivity contribution in [1.82, 2.24) is 4.90 Å². The van der Waals surface area contributed by atoms with Gasteiger partial charge in [0, 0.05) is 12.1 Å². The summed E-state index contributed by atoms with van der Waals surface area (Å²) in [6.45, 7) is 2.17. The van der Waals surface area contributed by atoms with Crippen LogP contribution in [0.2, 0.25) is 0 Å². The van der Waals surface area contributed by atoms with Crippen molar-refractivity contribution < 1.29 is 28.2 Å². The lowest BCUT2D eigenvalue weighted by atomic mass is 9.92. The number of amides is 1. The lowest BCUT2D eigenvalue weighted by Gasteiger charge is -2.27. The van der Waals surface area contributed by atoms with Crippen molar-refractivity contribution in [2.24, 2.45) is 0 Å². The Morgan fingerprint density at radius 1 is 0.969 bits per heavy atom. The van der Waals surface area contributed by atoms with Gasteiger partial charge in [-0.3, -0.25) is 4.79 Å². The molecule has 2 aliphatic heterocycles. The molecule has 0 aromatic heterocycles. The monoisotopic (exact) mass is 435 g/mol. The highest BCUT2D eigenvalue weighted by atomic mass is 19.2. The minimum absolute atomic E-state index is 0.124. The molecule has 0 unspecified atom stereocenters. The Morgan fingerprint density at radius 2 is 1.72 bits per heavy atom. The number of carbonyl (C=O) groups excluding carboxylic acids is 1. The van der Waals surface area contributed by atoms with E-state index in [4.69, 9.17) is 9.47 Å². The van der Waals surface area contributed by atoms with E-state index in [1.54, 1.807) is 30.3 Å². The maximum Gasteiger partial charge on any atom is 0.290 e. The van der Waals surface area contributed by atoms with Crippen molar-refractivity contribution in [2.45, 2.75) is 19.5 Å². The molecule has 3 aromatic rings. The van der Waals surface area contributed by atoms with Crippen LogP contribution in [0.1, 0.15) is 28.3 Å². The van der Waals surface area contributed by atoms with Gasteiger partial charge in [-0.2, -0.15) is 0 Å². The number of nitrogens with zero attached hydrogens (tertiary/aromatic N) is 1. The average molecular weight is 435 g/mol. The Labute approximate surface area is 183 Å². The number of carbonyl (C=O) groups is 1. The number of aryl methyl sites for hydroxylation is 1. The zero-order valence-corrected chi connectivity index (χ0v) is 17.1. The summed E-state index contributed by atoms with van der Waals surface area (Å²) in [5.41, 5.74) is 3.09. The second kappa shape index (κ2) is 7.67. The summed E-state index contributed by atoms with van der Waals surface area (Å²) in [7, 11) is 0. The molecular weight excluding hydrogens is 416 g/mol. The van der Waals surface area contributed by atoms with Crippen LogP contribution in [0.25, 0.3) is 5.57 Å². The average Bonchev–Trinajstić information content (AvgIpc) is 3.34. The van der Waals surface area contributed by atoms with Crippen molar-refractivity contribution in [1.29, 1.82) is 0 Å². The van der Waals surface area contributed by atoms with Crippen molar-refractivity contribution in [2.75, 3.05) is 6.79 Å². The van der Waals surface area contributed by atoms with E-state index in [0.717, 1.165) is 23.3 Å². The number of rotatable bonds is 4. The third-order valence-corrected chi connectivity index (χ3v) is 5.72. The second-order valence-electron chi connectivity index (χ2n) is 7.83. The second-order valence-corrected chi connectivity index (χ2v) is 7.83. The van der Waals surface area contributed by atoms with Gasteiger partial charge in [0.1, 0.15) is 0 Å².